The van der Waals surface area contributed by atoms with Gasteiger partial charge in [0.2, 0.25) is 0 Å². The molecule has 1 N–H and O–H groups in total. The lowest BCUT2D eigenvalue weighted by Gasteiger charge is -2.11. The minimum atomic E-state index is -4.46. The standard InChI is InChI=1S/C17H15F3N2O4/c1-11-5-6-12(9-15(11)22(24)25)16(23)21-7-8-26-14-4-2-3-13(10-14)17(18,19)20/h2-6,9-10H,7-8H2,1H3,(H,21,23). The molecule has 0 aromatic heterocycles. The van der Waals surface area contributed by atoms with Crippen molar-refractivity contribution in [2.45, 2.75) is 13.1 Å². The molecule has 1 amide bonds. The molecule has 0 aliphatic heterocycles. The Kier molecular flexibility index (Phi) is 5.81. The van der Waals surface area contributed by atoms with Crippen molar-refractivity contribution >= 4 is 11.6 Å². The summed E-state index contributed by atoms with van der Waals surface area (Å²) in [5, 5.41) is 13.4. The van der Waals surface area contributed by atoms with Gasteiger partial charge in [0.15, 0.2) is 0 Å². The number of nitrogens with one attached hydrogen (secondary N) is 1. The SMILES string of the molecule is Cc1ccc(C(=O)NCCOc2cccc(C(F)(F)F)c2)cc1[N+](=O)[O-]. The molecule has 26 heavy (non-hydrogen) atoms. The van der Waals surface area contributed by atoms with Crippen molar-refractivity contribution in [1.29, 1.82) is 0 Å². The second-order valence-corrected chi connectivity index (χ2v) is 5.39. The van der Waals surface area contributed by atoms with Crippen LogP contribution in [0, 0.1) is 17.0 Å². The number of carbonyl (C=O) groups is 1. The Hall–Kier alpha value is -3.10. The number of amides is 1. The first-order valence-corrected chi connectivity index (χ1v) is 7.52. The monoisotopic (exact) mass is 368 g/mol. The number of rotatable bonds is 6. The topological polar surface area (TPSA) is 81.5 Å². The molecule has 0 saturated carbocycles. The third-order valence-electron chi connectivity index (χ3n) is 3.49. The molecule has 0 spiro atoms. The van der Waals surface area contributed by atoms with Crippen LogP contribution in [0.2, 0.25) is 0 Å². The lowest BCUT2D eigenvalue weighted by molar-refractivity contribution is -0.385. The lowest BCUT2D eigenvalue weighted by atomic mass is 10.1. The number of aryl methyl sites for hydroxylation is 1. The Morgan fingerprint density at radius 1 is 1.23 bits per heavy atom. The average Bonchev–Trinajstić information content (AvgIpc) is 2.58. The van der Waals surface area contributed by atoms with E-state index in [0.29, 0.717) is 5.56 Å². The summed E-state index contributed by atoms with van der Waals surface area (Å²) in [6.45, 7) is 1.53. The molecule has 0 radical (unpaired) electrons. The van der Waals surface area contributed by atoms with E-state index in [4.69, 9.17) is 4.74 Å². The summed E-state index contributed by atoms with van der Waals surface area (Å²) < 4.78 is 43.0. The predicted octanol–water partition coefficient (Wildman–Crippen LogP) is 3.73. The van der Waals surface area contributed by atoms with Crippen LogP contribution in [0.15, 0.2) is 42.5 Å². The largest absolute Gasteiger partial charge is 0.492 e. The van der Waals surface area contributed by atoms with Crippen LogP contribution in [0.3, 0.4) is 0 Å². The molecule has 2 aromatic rings. The van der Waals surface area contributed by atoms with Crippen LogP contribution in [-0.4, -0.2) is 24.0 Å². The van der Waals surface area contributed by atoms with Crippen LogP contribution in [0.25, 0.3) is 0 Å². The normalized spacial score (nSPS) is 11.1. The number of ether oxygens (including phenoxy) is 1. The molecule has 0 atom stereocenters. The molecule has 6 nitrogen and oxygen atoms in total. The molecule has 0 heterocycles. The molecule has 138 valence electrons. The maximum atomic E-state index is 12.6. The summed E-state index contributed by atoms with van der Waals surface area (Å²) >= 11 is 0. The summed E-state index contributed by atoms with van der Waals surface area (Å²) in [7, 11) is 0. The van der Waals surface area contributed by atoms with Gasteiger partial charge in [-0.1, -0.05) is 12.1 Å². The zero-order valence-corrected chi connectivity index (χ0v) is 13.7. The summed E-state index contributed by atoms with van der Waals surface area (Å²) in [5.41, 5.74) is -0.454. The van der Waals surface area contributed by atoms with E-state index in [2.05, 4.69) is 5.32 Å². The third kappa shape index (κ3) is 4.95. The van der Waals surface area contributed by atoms with Gasteiger partial charge >= 0.3 is 6.18 Å². The maximum Gasteiger partial charge on any atom is 0.416 e. The first kappa shape index (κ1) is 19.2. The number of nitro groups is 1. The zero-order chi connectivity index (χ0) is 19.3. The lowest BCUT2D eigenvalue weighted by Crippen LogP contribution is -2.28. The van der Waals surface area contributed by atoms with Crippen LogP contribution in [0.5, 0.6) is 5.75 Å². The first-order valence-electron chi connectivity index (χ1n) is 7.52. The van der Waals surface area contributed by atoms with Crippen molar-refractivity contribution in [2.24, 2.45) is 0 Å². The Bertz CT molecular complexity index is 822. The molecule has 0 unspecified atom stereocenters. The second-order valence-electron chi connectivity index (χ2n) is 5.39. The van der Waals surface area contributed by atoms with Gasteiger partial charge in [0.25, 0.3) is 11.6 Å². The fourth-order valence-electron chi connectivity index (χ4n) is 2.15. The number of nitro benzene ring substituents is 1. The zero-order valence-electron chi connectivity index (χ0n) is 13.7. The molecule has 2 rings (SSSR count). The van der Waals surface area contributed by atoms with Crippen LogP contribution >= 0.6 is 0 Å². The molecule has 0 aliphatic rings. The van der Waals surface area contributed by atoms with Crippen molar-refractivity contribution in [2.75, 3.05) is 13.2 Å². The van der Waals surface area contributed by atoms with Crippen LogP contribution in [0.4, 0.5) is 18.9 Å². The number of alkyl halides is 3. The van der Waals surface area contributed by atoms with Crippen LogP contribution < -0.4 is 10.1 Å². The number of halogens is 3. The molecule has 9 heteroatoms. The van der Waals surface area contributed by atoms with Gasteiger partial charge in [0, 0.05) is 17.2 Å². The Labute approximate surface area is 146 Å². The molecule has 0 fully saturated rings. The fraction of sp³-hybridized carbons (Fsp3) is 0.235. The molecule has 0 saturated heterocycles. The summed E-state index contributed by atoms with van der Waals surface area (Å²) in [6, 6.07) is 8.47. The van der Waals surface area contributed by atoms with Gasteiger partial charge in [-0.25, -0.2) is 0 Å². The van der Waals surface area contributed by atoms with E-state index in [1.165, 1.54) is 30.3 Å². The van der Waals surface area contributed by atoms with Gasteiger partial charge in [-0.2, -0.15) is 13.2 Å². The minimum absolute atomic E-state index is 0.0246. The summed E-state index contributed by atoms with van der Waals surface area (Å²) in [6.07, 6.45) is -4.46. The van der Waals surface area contributed by atoms with Crippen molar-refractivity contribution in [3.05, 3.63) is 69.3 Å². The summed E-state index contributed by atoms with van der Waals surface area (Å²) in [5.74, 6) is -0.513. The maximum absolute atomic E-state index is 12.6. The third-order valence-corrected chi connectivity index (χ3v) is 3.49. The van der Waals surface area contributed by atoms with Crippen LogP contribution in [0.1, 0.15) is 21.5 Å². The van der Waals surface area contributed by atoms with E-state index in [1.807, 2.05) is 0 Å². The molecular weight excluding hydrogens is 353 g/mol. The van der Waals surface area contributed by atoms with Gasteiger partial charge in [0.1, 0.15) is 12.4 Å². The number of hydrogen-bond donors (Lipinski definition) is 1. The van der Waals surface area contributed by atoms with Gasteiger partial charge in [-0.05, 0) is 31.2 Å². The highest BCUT2D eigenvalue weighted by molar-refractivity contribution is 5.94. The Balaban J connectivity index is 1.90. The highest BCUT2D eigenvalue weighted by atomic mass is 19.4. The predicted molar refractivity (Wildman–Crippen MR) is 87.1 cm³/mol. The molecule has 2 aromatic carbocycles. The Morgan fingerprint density at radius 3 is 2.62 bits per heavy atom. The second kappa shape index (κ2) is 7.85. The van der Waals surface area contributed by atoms with E-state index < -0.39 is 22.6 Å². The van der Waals surface area contributed by atoms with Crippen LogP contribution in [-0.2, 0) is 6.18 Å². The van der Waals surface area contributed by atoms with E-state index in [9.17, 15) is 28.1 Å². The number of benzene rings is 2. The quantitative estimate of drug-likeness (QED) is 0.479. The van der Waals surface area contributed by atoms with Gasteiger partial charge in [0.05, 0.1) is 17.0 Å². The van der Waals surface area contributed by atoms with Gasteiger partial charge in [-0.15, -0.1) is 0 Å². The van der Waals surface area contributed by atoms with Crippen molar-refractivity contribution in [3.8, 4) is 5.75 Å². The smallest absolute Gasteiger partial charge is 0.416 e. The highest BCUT2D eigenvalue weighted by Crippen LogP contribution is 2.31. The van der Waals surface area contributed by atoms with Crippen molar-refractivity contribution in [1.82, 2.24) is 5.32 Å². The molecular formula is C17H15F3N2O4. The van der Waals surface area contributed by atoms with E-state index in [1.54, 1.807) is 6.92 Å². The first-order chi connectivity index (χ1) is 12.2. The number of carbonyl (C=O) groups excluding carboxylic acids is 1. The van der Waals surface area contributed by atoms with Crippen molar-refractivity contribution < 1.29 is 27.6 Å². The van der Waals surface area contributed by atoms with Crippen molar-refractivity contribution in [3.63, 3.8) is 0 Å². The van der Waals surface area contributed by atoms with E-state index in [0.717, 1.165) is 12.1 Å². The van der Waals surface area contributed by atoms with Gasteiger partial charge < -0.3 is 10.1 Å². The number of nitrogens with zero attached hydrogens (tertiary/aromatic N) is 1. The summed E-state index contributed by atoms with van der Waals surface area (Å²) in [4.78, 5) is 22.3. The molecule has 0 bridgehead atoms. The number of hydrogen-bond acceptors (Lipinski definition) is 4. The fourth-order valence-corrected chi connectivity index (χ4v) is 2.15. The molecule has 0 aliphatic carbocycles. The minimum Gasteiger partial charge on any atom is -0.492 e. The average molecular weight is 368 g/mol. The van der Waals surface area contributed by atoms with E-state index in [-0.39, 0.29) is 30.2 Å². The van der Waals surface area contributed by atoms with E-state index >= 15 is 0 Å². The highest BCUT2D eigenvalue weighted by Gasteiger charge is 2.30. The Morgan fingerprint density at radius 2 is 1.96 bits per heavy atom. The van der Waals surface area contributed by atoms with Gasteiger partial charge in [-0.3, -0.25) is 14.9 Å².